The smallest absolute Gasteiger partial charge is 0.136 e. The highest BCUT2D eigenvalue weighted by Gasteiger charge is 2.22. The predicted molar refractivity (Wildman–Crippen MR) is 205 cm³/mol. The fraction of sp³-hybridized carbons (Fsp3) is 0.130. The van der Waals surface area contributed by atoms with Crippen molar-refractivity contribution in [1.82, 2.24) is 0 Å². The van der Waals surface area contributed by atoms with Crippen molar-refractivity contribution in [1.29, 1.82) is 0 Å². The van der Waals surface area contributed by atoms with Crippen molar-refractivity contribution in [2.24, 2.45) is 11.8 Å². The SMILES string of the molecule is CC1C=C(N(c2cccc(-c3ccc4c(ccc5ccc6oc7ccccc7c6c54)c3)c2)c2ccc3oc4c(c3c2)C=CC(C)C4)C=CC1. The van der Waals surface area contributed by atoms with E-state index in [1.54, 1.807) is 0 Å². The standard InChI is InChI=1S/C46H35NO2/c1-28-7-5-9-34(23-28)47(36-18-22-42-40(27-36)38-19-13-29(2)24-44(38)49-42)35-10-6-8-31(26-35)32-16-20-37-33(25-32)15-14-30-17-21-43-46(45(30)37)39-11-3-4-12-41(39)48-43/h3-6,8-23,25-29H,7,24H2,1-2H3. The minimum Gasteiger partial charge on any atom is -0.460 e. The Morgan fingerprint density at radius 2 is 1.41 bits per heavy atom. The summed E-state index contributed by atoms with van der Waals surface area (Å²) in [5.74, 6) is 2.05. The molecule has 6 aromatic carbocycles. The minimum absolute atomic E-state index is 0.467. The summed E-state index contributed by atoms with van der Waals surface area (Å²) in [6.45, 7) is 4.53. The quantitative estimate of drug-likeness (QED) is 0.181. The second-order valence-electron chi connectivity index (χ2n) is 13.9. The molecule has 236 valence electrons. The van der Waals surface area contributed by atoms with Crippen molar-refractivity contribution in [3.63, 3.8) is 0 Å². The molecule has 0 N–H and O–H groups in total. The lowest BCUT2D eigenvalue weighted by Gasteiger charge is -2.29. The molecule has 0 aliphatic heterocycles. The van der Waals surface area contributed by atoms with Crippen LogP contribution in [0.2, 0.25) is 0 Å². The highest BCUT2D eigenvalue weighted by molar-refractivity contribution is 6.26. The van der Waals surface area contributed by atoms with E-state index in [2.05, 4.69) is 152 Å². The Bertz CT molecular complexity index is 2720. The average molecular weight is 634 g/mol. The molecule has 3 nitrogen and oxygen atoms in total. The lowest BCUT2D eigenvalue weighted by atomic mass is 9.94. The van der Waals surface area contributed by atoms with Crippen LogP contribution in [0, 0.1) is 11.8 Å². The molecule has 2 aliphatic rings. The molecule has 10 rings (SSSR count). The topological polar surface area (TPSA) is 29.5 Å². The fourth-order valence-electron chi connectivity index (χ4n) is 8.04. The van der Waals surface area contributed by atoms with Crippen LogP contribution in [0.25, 0.3) is 71.7 Å². The number of furan rings is 2. The molecule has 0 amide bonds. The zero-order valence-corrected chi connectivity index (χ0v) is 27.6. The van der Waals surface area contributed by atoms with Crippen LogP contribution in [0.5, 0.6) is 0 Å². The molecule has 3 heteroatoms. The largest absolute Gasteiger partial charge is 0.460 e. The summed E-state index contributed by atoms with van der Waals surface area (Å²) in [6.07, 6.45) is 13.5. The van der Waals surface area contributed by atoms with Crippen molar-refractivity contribution in [2.75, 3.05) is 4.90 Å². The van der Waals surface area contributed by atoms with Crippen LogP contribution in [0.1, 0.15) is 31.6 Å². The van der Waals surface area contributed by atoms with Crippen molar-refractivity contribution in [2.45, 2.75) is 26.7 Å². The molecule has 0 saturated carbocycles. The summed E-state index contributed by atoms with van der Waals surface area (Å²) in [5.41, 5.74) is 9.86. The van der Waals surface area contributed by atoms with E-state index in [1.807, 2.05) is 6.07 Å². The maximum atomic E-state index is 6.34. The molecule has 8 aromatic rings. The van der Waals surface area contributed by atoms with Gasteiger partial charge in [0.25, 0.3) is 0 Å². The van der Waals surface area contributed by atoms with E-state index in [-0.39, 0.29) is 0 Å². The average Bonchev–Trinajstić information content (AvgIpc) is 3.69. The number of hydrogen-bond donors (Lipinski definition) is 0. The molecule has 0 spiro atoms. The number of para-hydroxylation sites is 1. The van der Waals surface area contributed by atoms with Crippen LogP contribution < -0.4 is 4.90 Å². The van der Waals surface area contributed by atoms with Crippen LogP contribution in [0.4, 0.5) is 11.4 Å². The summed E-state index contributed by atoms with van der Waals surface area (Å²) in [4.78, 5) is 2.40. The molecule has 2 heterocycles. The summed E-state index contributed by atoms with van der Waals surface area (Å²) in [6, 6.07) is 39.6. The Balaban J connectivity index is 1.11. The van der Waals surface area contributed by atoms with Crippen LogP contribution in [-0.2, 0) is 6.42 Å². The molecule has 2 unspecified atom stereocenters. The molecule has 2 atom stereocenters. The Morgan fingerprint density at radius 3 is 2.35 bits per heavy atom. The fourth-order valence-corrected chi connectivity index (χ4v) is 8.04. The van der Waals surface area contributed by atoms with E-state index >= 15 is 0 Å². The van der Waals surface area contributed by atoms with E-state index in [0.717, 1.165) is 52.1 Å². The summed E-state index contributed by atoms with van der Waals surface area (Å²) in [5, 5.41) is 8.45. The third-order valence-electron chi connectivity index (χ3n) is 10.4. The van der Waals surface area contributed by atoms with Gasteiger partial charge in [0.2, 0.25) is 0 Å². The second-order valence-corrected chi connectivity index (χ2v) is 13.9. The molecule has 0 radical (unpaired) electrons. The molecular formula is C46H35NO2. The summed E-state index contributed by atoms with van der Waals surface area (Å²) >= 11 is 0. The highest BCUT2D eigenvalue weighted by Crippen LogP contribution is 2.42. The molecular weight excluding hydrogens is 599 g/mol. The monoisotopic (exact) mass is 633 g/mol. The van der Waals surface area contributed by atoms with Crippen LogP contribution >= 0.6 is 0 Å². The second kappa shape index (κ2) is 10.9. The van der Waals surface area contributed by atoms with Crippen LogP contribution in [-0.4, -0.2) is 0 Å². The molecule has 0 bridgehead atoms. The number of fused-ring (bicyclic) bond motifs is 10. The van der Waals surface area contributed by atoms with Crippen LogP contribution in [0.3, 0.4) is 0 Å². The molecule has 49 heavy (non-hydrogen) atoms. The Labute approximate surface area is 285 Å². The van der Waals surface area contributed by atoms with Gasteiger partial charge in [0.05, 0.1) is 0 Å². The van der Waals surface area contributed by atoms with Crippen molar-refractivity contribution >= 4 is 71.9 Å². The number of rotatable bonds is 4. The summed E-state index contributed by atoms with van der Waals surface area (Å²) in [7, 11) is 0. The van der Waals surface area contributed by atoms with E-state index < -0.39 is 0 Å². The number of nitrogens with zero attached hydrogens (tertiary/aromatic N) is 1. The van der Waals surface area contributed by atoms with Gasteiger partial charge in [-0.15, -0.1) is 0 Å². The minimum atomic E-state index is 0.467. The number of benzene rings is 6. The van der Waals surface area contributed by atoms with Gasteiger partial charge in [0, 0.05) is 50.6 Å². The first-order valence-corrected chi connectivity index (χ1v) is 17.4. The molecule has 2 aliphatic carbocycles. The number of hydrogen-bond acceptors (Lipinski definition) is 3. The first kappa shape index (κ1) is 28.2. The van der Waals surface area contributed by atoms with Gasteiger partial charge in [0.15, 0.2) is 0 Å². The van der Waals surface area contributed by atoms with Gasteiger partial charge in [-0.25, -0.2) is 0 Å². The van der Waals surface area contributed by atoms with Crippen molar-refractivity contribution in [3.8, 4) is 11.1 Å². The predicted octanol–water partition coefficient (Wildman–Crippen LogP) is 13.1. The Morgan fingerprint density at radius 1 is 0.592 bits per heavy atom. The van der Waals surface area contributed by atoms with Gasteiger partial charge in [0.1, 0.15) is 22.5 Å². The zero-order valence-electron chi connectivity index (χ0n) is 27.6. The van der Waals surface area contributed by atoms with E-state index in [1.165, 1.54) is 54.7 Å². The van der Waals surface area contributed by atoms with Gasteiger partial charge in [-0.2, -0.15) is 0 Å². The van der Waals surface area contributed by atoms with Gasteiger partial charge in [-0.05, 0) is 100 Å². The first-order valence-electron chi connectivity index (χ1n) is 17.4. The first-order chi connectivity index (χ1) is 24.1. The molecule has 2 aromatic heterocycles. The van der Waals surface area contributed by atoms with Crippen molar-refractivity contribution < 1.29 is 8.83 Å². The lowest BCUT2D eigenvalue weighted by molar-refractivity contribution is 0.513. The zero-order chi connectivity index (χ0) is 32.6. The Hall–Kier alpha value is -5.80. The lowest BCUT2D eigenvalue weighted by Crippen LogP contribution is -2.17. The molecule has 0 fully saturated rings. The van der Waals surface area contributed by atoms with Crippen LogP contribution in [0.15, 0.2) is 148 Å². The third kappa shape index (κ3) is 4.57. The third-order valence-corrected chi connectivity index (χ3v) is 10.4. The maximum absolute atomic E-state index is 6.34. The van der Waals surface area contributed by atoms with E-state index in [0.29, 0.717) is 11.8 Å². The highest BCUT2D eigenvalue weighted by atomic mass is 16.3. The summed E-state index contributed by atoms with van der Waals surface area (Å²) < 4.78 is 12.6. The number of anilines is 2. The molecule has 0 saturated heterocycles. The van der Waals surface area contributed by atoms with Gasteiger partial charge < -0.3 is 13.7 Å². The van der Waals surface area contributed by atoms with Gasteiger partial charge >= 0.3 is 0 Å². The van der Waals surface area contributed by atoms with E-state index in [4.69, 9.17) is 8.83 Å². The van der Waals surface area contributed by atoms with Gasteiger partial charge in [-0.1, -0.05) is 98.8 Å². The number of allylic oxidation sites excluding steroid dienone is 4. The van der Waals surface area contributed by atoms with E-state index in [9.17, 15) is 0 Å². The van der Waals surface area contributed by atoms with Gasteiger partial charge in [-0.3, -0.25) is 0 Å². The maximum Gasteiger partial charge on any atom is 0.136 e. The Kier molecular flexibility index (Phi) is 6.26. The van der Waals surface area contributed by atoms with Crippen molar-refractivity contribution in [3.05, 3.63) is 151 Å². The normalized spacial score (nSPS) is 17.4.